The van der Waals surface area contributed by atoms with Gasteiger partial charge in [0.25, 0.3) is 5.91 Å². The van der Waals surface area contributed by atoms with E-state index < -0.39 is 11.5 Å². The van der Waals surface area contributed by atoms with Crippen molar-refractivity contribution in [3.05, 3.63) is 119 Å². The van der Waals surface area contributed by atoms with E-state index in [1.807, 2.05) is 91.0 Å². The minimum Gasteiger partial charge on any atom is -0.375 e. The second kappa shape index (κ2) is 8.81. The lowest BCUT2D eigenvalue weighted by Crippen LogP contribution is -2.33. The average Bonchev–Trinajstić information content (AvgIpc) is 3.24. The Morgan fingerprint density at radius 1 is 0.839 bits per heavy atom. The molecule has 154 valence electrons. The molecule has 4 N–H and O–H groups in total. The molecule has 0 saturated carbocycles. The van der Waals surface area contributed by atoms with Crippen molar-refractivity contribution < 1.29 is 9.63 Å². The number of nitrogen functional groups attached to an aromatic ring is 1. The van der Waals surface area contributed by atoms with Crippen molar-refractivity contribution in [3.63, 3.8) is 0 Å². The largest absolute Gasteiger partial charge is 0.375 e. The predicted octanol–water partition coefficient (Wildman–Crippen LogP) is 3.92. The number of oxime groups is 1. The summed E-state index contributed by atoms with van der Waals surface area (Å²) in [7, 11) is 0. The summed E-state index contributed by atoms with van der Waals surface area (Å²) in [4.78, 5) is 22.6. The number of hydrogen-bond donors (Lipinski definition) is 2. The van der Waals surface area contributed by atoms with Gasteiger partial charge in [-0.25, -0.2) is 4.98 Å². The van der Waals surface area contributed by atoms with E-state index in [-0.39, 0.29) is 11.4 Å². The van der Waals surface area contributed by atoms with Crippen LogP contribution in [0.3, 0.4) is 0 Å². The molecule has 0 spiro atoms. The number of carbonyl (C=O) groups is 1. The molecule has 1 aromatic heterocycles. The molecule has 7 heteroatoms. The van der Waals surface area contributed by atoms with Crippen LogP contribution in [0.1, 0.15) is 22.4 Å². The molecule has 6 nitrogen and oxygen atoms in total. The smallest absolute Gasteiger partial charge is 0.273 e. The summed E-state index contributed by atoms with van der Waals surface area (Å²) in [5.41, 5.74) is 12.9. The van der Waals surface area contributed by atoms with Crippen molar-refractivity contribution in [2.24, 2.45) is 10.9 Å². The number of rotatable bonds is 7. The van der Waals surface area contributed by atoms with E-state index in [2.05, 4.69) is 10.1 Å². The fraction of sp³-hybridized carbons (Fsp3) is 0.0417. The summed E-state index contributed by atoms with van der Waals surface area (Å²) in [5.74, 6) is -0.756. The Morgan fingerprint density at radius 2 is 1.29 bits per heavy atom. The van der Waals surface area contributed by atoms with Crippen LogP contribution in [0.5, 0.6) is 0 Å². The van der Waals surface area contributed by atoms with Crippen LogP contribution < -0.4 is 11.5 Å². The number of aromatic nitrogens is 1. The van der Waals surface area contributed by atoms with Crippen LogP contribution in [-0.2, 0) is 15.2 Å². The maximum atomic E-state index is 12.2. The molecule has 0 aliphatic rings. The normalized spacial score (nSPS) is 11.8. The first-order valence-corrected chi connectivity index (χ1v) is 10.4. The van der Waals surface area contributed by atoms with Crippen LogP contribution in [0.2, 0.25) is 0 Å². The van der Waals surface area contributed by atoms with Gasteiger partial charge in [0.2, 0.25) is 5.60 Å². The minimum atomic E-state index is -1.12. The Kier molecular flexibility index (Phi) is 5.77. The highest BCUT2D eigenvalue weighted by atomic mass is 32.1. The van der Waals surface area contributed by atoms with Crippen molar-refractivity contribution in [2.45, 2.75) is 5.60 Å². The number of anilines is 1. The molecule has 0 aliphatic carbocycles. The second-order valence-electron chi connectivity index (χ2n) is 6.75. The Labute approximate surface area is 183 Å². The fourth-order valence-corrected chi connectivity index (χ4v) is 3.95. The first-order chi connectivity index (χ1) is 15.1. The maximum Gasteiger partial charge on any atom is 0.273 e. The first kappa shape index (κ1) is 20.3. The van der Waals surface area contributed by atoms with Gasteiger partial charge >= 0.3 is 0 Å². The third-order valence-electron chi connectivity index (χ3n) is 4.81. The van der Waals surface area contributed by atoms with Crippen molar-refractivity contribution in [2.75, 3.05) is 5.73 Å². The van der Waals surface area contributed by atoms with Gasteiger partial charge in [0.05, 0.1) is 0 Å². The van der Waals surface area contributed by atoms with Crippen LogP contribution in [0, 0.1) is 0 Å². The molecule has 4 aromatic rings. The van der Waals surface area contributed by atoms with Crippen LogP contribution in [0.25, 0.3) is 0 Å². The molecular weight excluding hydrogens is 408 g/mol. The number of thiazole rings is 1. The zero-order valence-corrected chi connectivity index (χ0v) is 17.3. The zero-order chi connectivity index (χ0) is 21.7. The van der Waals surface area contributed by atoms with Crippen LogP contribution in [0.15, 0.2) is 102 Å². The standard InChI is InChI=1S/C24H20N4O2S/c25-22(29)21(20-16-31-23(26)27-20)28-30-24(17-10-4-1-5-11-17,18-12-6-2-7-13-18)19-14-8-3-9-15-19/h1-16H,(H2,25,29)(H2,26,27). The fourth-order valence-electron chi connectivity index (χ4n) is 3.41. The summed E-state index contributed by atoms with van der Waals surface area (Å²) in [6.07, 6.45) is 0. The van der Waals surface area contributed by atoms with Gasteiger partial charge in [-0.15, -0.1) is 11.3 Å². The SMILES string of the molecule is NC(=O)C(=NOC(c1ccccc1)(c1ccccc1)c1ccccc1)c1csc(N)n1. The summed E-state index contributed by atoms with van der Waals surface area (Å²) in [5, 5.41) is 6.17. The van der Waals surface area contributed by atoms with Gasteiger partial charge in [-0.05, 0) is 0 Å². The van der Waals surface area contributed by atoms with Crippen LogP contribution >= 0.6 is 11.3 Å². The van der Waals surface area contributed by atoms with E-state index in [0.29, 0.717) is 5.13 Å². The Morgan fingerprint density at radius 3 is 1.65 bits per heavy atom. The molecule has 31 heavy (non-hydrogen) atoms. The van der Waals surface area contributed by atoms with E-state index in [1.54, 1.807) is 5.38 Å². The highest BCUT2D eigenvalue weighted by Gasteiger charge is 2.40. The number of benzene rings is 3. The molecule has 0 fully saturated rings. The quantitative estimate of drug-likeness (QED) is 0.264. The number of carbonyl (C=O) groups excluding carboxylic acids is 1. The van der Waals surface area contributed by atoms with Crippen molar-refractivity contribution in [1.29, 1.82) is 0 Å². The lowest BCUT2D eigenvalue weighted by atomic mass is 9.80. The van der Waals surface area contributed by atoms with Crippen molar-refractivity contribution in [1.82, 2.24) is 4.98 Å². The second-order valence-corrected chi connectivity index (χ2v) is 7.64. The van der Waals surface area contributed by atoms with Gasteiger partial charge in [0.1, 0.15) is 5.69 Å². The van der Waals surface area contributed by atoms with Gasteiger partial charge in [-0.1, -0.05) is 96.2 Å². The molecule has 1 heterocycles. The number of nitrogens with two attached hydrogens (primary N) is 2. The Balaban J connectivity index is 1.95. The molecular formula is C24H20N4O2S. The van der Waals surface area contributed by atoms with E-state index >= 15 is 0 Å². The van der Waals surface area contributed by atoms with E-state index in [4.69, 9.17) is 16.3 Å². The van der Waals surface area contributed by atoms with Gasteiger partial charge in [0.15, 0.2) is 10.8 Å². The lowest BCUT2D eigenvalue weighted by molar-refractivity contribution is -0.112. The molecule has 0 unspecified atom stereocenters. The highest BCUT2D eigenvalue weighted by molar-refractivity contribution is 7.13. The molecule has 0 atom stereocenters. The first-order valence-electron chi connectivity index (χ1n) is 9.55. The van der Waals surface area contributed by atoms with Crippen LogP contribution in [-0.4, -0.2) is 16.6 Å². The number of nitrogens with zero attached hydrogens (tertiary/aromatic N) is 2. The van der Waals surface area contributed by atoms with E-state index in [9.17, 15) is 4.79 Å². The molecule has 0 bridgehead atoms. The predicted molar refractivity (Wildman–Crippen MR) is 123 cm³/mol. The molecule has 0 aliphatic heterocycles. The maximum absolute atomic E-state index is 12.2. The molecule has 0 radical (unpaired) electrons. The Bertz CT molecular complexity index is 1100. The summed E-state index contributed by atoms with van der Waals surface area (Å²) in [6, 6.07) is 29.1. The van der Waals surface area contributed by atoms with Gasteiger partial charge in [-0.3, -0.25) is 4.79 Å². The van der Waals surface area contributed by atoms with E-state index in [0.717, 1.165) is 16.7 Å². The minimum absolute atomic E-state index is 0.0971. The van der Waals surface area contributed by atoms with Crippen molar-refractivity contribution in [3.8, 4) is 0 Å². The highest BCUT2D eigenvalue weighted by Crippen LogP contribution is 2.40. The summed E-state index contributed by atoms with van der Waals surface area (Å²) >= 11 is 1.20. The van der Waals surface area contributed by atoms with Gasteiger partial charge in [0, 0.05) is 22.1 Å². The van der Waals surface area contributed by atoms with Crippen molar-refractivity contribution >= 4 is 28.1 Å². The number of amides is 1. The third-order valence-corrected chi connectivity index (χ3v) is 5.49. The molecule has 3 aromatic carbocycles. The molecule has 4 rings (SSSR count). The monoisotopic (exact) mass is 428 g/mol. The zero-order valence-electron chi connectivity index (χ0n) is 16.5. The Hall–Kier alpha value is -3.97. The van der Waals surface area contributed by atoms with Crippen LogP contribution in [0.4, 0.5) is 5.13 Å². The summed E-state index contributed by atoms with van der Waals surface area (Å²) < 4.78 is 0. The number of primary amides is 1. The third kappa shape index (κ3) is 4.04. The average molecular weight is 429 g/mol. The summed E-state index contributed by atoms with van der Waals surface area (Å²) in [6.45, 7) is 0. The van der Waals surface area contributed by atoms with Gasteiger partial charge in [-0.2, -0.15) is 0 Å². The molecule has 0 saturated heterocycles. The van der Waals surface area contributed by atoms with Gasteiger partial charge < -0.3 is 16.3 Å². The molecule has 1 amide bonds. The number of hydrogen-bond acceptors (Lipinski definition) is 6. The topological polar surface area (TPSA) is 104 Å². The lowest BCUT2D eigenvalue weighted by Gasteiger charge is -2.33. The van der Waals surface area contributed by atoms with E-state index in [1.165, 1.54) is 11.3 Å².